The zero-order chi connectivity index (χ0) is 20.8. The van der Waals surface area contributed by atoms with Crippen LogP contribution in [-0.2, 0) is 0 Å². The molecule has 4 heterocycles. The molecule has 0 bridgehead atoms. The third kappa shape index (κ3) is 3.62. The van der Waals surface area contributed by atoms with Gasteiger partial charge in [-0.1, -0.05) is 12.1 Å². The summed E-state index contributed by atoms with van der Waals surface area (Å²) in [5.41, 5.74) is 3.88. The number of pyridine rings is 2. The van der Waals surface area contributed by atoms with Gasteiger partial charge in [0.25, 0.3) is 0 Å². The van der Waals surface area contributed by atoms with Crippen molar-refractivity contribution in [3.05, 3.63) is 72.4 Å². The van der Waals surface area contributed by atoms with E-state index in [1.54, 1.807) is 24.5 Å². The Morgan fingerprint density at radius 1 is 1.03 bits per heavy atom. The van der Waals surface area contributed by atoms with Crippen molar-refractivity contribution in [3.8, 4) is 22.5 Å². The molecule has 4 aromatic rings. The number of nitrogens with one attached hydrogen (secondary N) is 1. The lowest BCUT2D eigenvalue weighted by Crippen LogP contribution is -2.33. The predicted octanol–water partition coefficient (Wildman–Crippen LogP) is 4.55. The first kappa shape index (κ1) is 18.7. The van der Waals surface area contributed by atoms with Gasteiger partial charge >= 0.3 is 0 Å². The van der Waals surface area contributed by atoms with Gasteiger partial charge in [-0.2, -0.15) is 0 Å². The summed E-state index contributed by atoms with van der Waals surface area (Å²) >= 11 is 1.52. The Labute approximate surface area is 183 Å². The van der Waals surface area contributed by atoms with Gasteiger partial charge < -0.3 is 0 Å². The molecule has 1 aliphatic heterocycles. The molecule has 1 aromatic carbocycles. The number of hydrogen-bond acceptors (Lipinski definition) is 6. The van der Waals surface area contributed by atoms with Crippen LogP contribution in [0.3, 0.4) is 0 Å². The summed E-state index contributed by atoms with van der Waals surface area (Å²) in [4.78, 5) is 13.6. The zero-order valence-electron chi connectivity index (χ0n) is 16.6. The average molecular weight is 431 g/mol. The summed E-state index contributed by atoms with van der Waals surface area (Å²) in [6.07, 6.45) is 7.71. The molecule has 6 rings (SSSR count). The molecule has 0 amide bonds. The van der Waals surface area contributed by atoms with E-state index < -0.39 is 0 Å². The zero-order valence-corrected chi connectivity index (χ0v) is 17.4. The molecule has 0 saturated heterocycles. The van der Waals surface area contributed by atoms with E-state index in [1.807, 2.05) is 23.0 Å². The van der Waals surface area contributed by atoms with Gasteiger partial charge in [-0.05, 0) is 66.4 Å². The highest BCUT2D eigenvalue weighted by molar-refractivity contribution is 7.99. The molecule has 8 heteroatoms. The summed E-state index contributed by atoms with van der Waals surface area (Å²) in [6, 6.07) is 12.5. The van der Waals surface area contributed by atoms with Crippen LogP contribution in [0.2, 0.25) is 0 Å². The van der Waals surface area contributed by atoms with Crippen molar-refractivity contribution >= 4 is 11.8 Å². The largest absolute Gasteiger partial charge is 0.291 e. The summed E-state index contributed by atoms with van der Waals surface area (Å²) in [5, 5.41) is 10.2. The minimum atomic E-state index is -0.245. The van der Waals surface area contributed by atoms with E-state index in [9.17, 15) is 4.39 Å². The van der Waals surface area contributed by atoms with Gasteiger partial charge in [0, 0.05) is 41.8 Å². The molecule has 2 aliphatic rings. The average Bonchev–Trinajstić information content (AvgIpc) is 3.54. The van der Waals surface area contributed by atoms with E-state index in [0.29, 0.717) is 5.82 Å². The summed E-state index contributed by atoms with van der Waals surface area (Å²) < 4.78 is 15.3. The molecular weight excluding hydrogens is 411 g/mol. The topological polar surface area (TPSA) is 68.5 Å². The SMILES string of the molecule is Fc1ccc(-c2cnc3c(c2)C(NCC2CC2)n2nc(-c4ccncc4)nc2S3)cc1. The fraction of sp³-hybridized carbons (Fsp3) is 0.217. The summed E-state index contributed by atoms with van der Waals surface area (Å²) in [6.45, 7) is 0.930. The molecular formula is C23H19FN6S. The molecule has 1 atom stereocenters. The van der Waals surface area contributed by atoms with Crippen molar-refractivity contribution in [1.82, 2.24) is 30.0 Å². The highest BCUT2D eigenvalue weighted by atomic mass is 32.2. The van der Waals surface area contributed by atoms with Crippen molar-refractivity contribution in [1.29, 1.82) is 0 Å². The molecule has 1 fully saturated rings. The fourth-order valence-electron chi connectivity index (χ4n) is 3.74. The normalized spacial score (nSPS) is 17.3. The van der Waals surface area contributed by atoms with E-state index in [2.05, 4.69) is 16.4 Å². The first-order valence-electron chi connectivity index (χ1n) is 10.3. The van der Waals surface area contributed by atoms with Gasteiger partial charge in [-0.15, -0.1) is 5.10 Å². The first-order chi connectivity index (χ1) is 15.2. The van der Waals surface area contributed by atoms with E-state index >= 15 is 0 Å². The monoisotopic (exact) mass is 430 g/mol. The van der Waals surface area contributed by atoms with Gasteiger partial charge in [-0.25, -0.2) is 19.0 Å². The Bertz CT molecular complexity index is 1240. The second kappa shape index (κ2) is 7.55. The van der Waals surface area contributed by atoms with Crippen LogP contribution in [0.15, 0.2) is 71.2 Å². The van der Waals surface area contributed by atoms with Crippen LogP contribution in [-0.4, -0.2) is 31.3 Å². The maximum atomic E-state index is 13.4. The van der Waals surface area contributed by atoms with Gasteiger partial charge in [-0.3, -0.25) is 10.3 Å². The molecule has 6 nitrogen and oxygen atoms in total. The molecule has 1 N–H and O–H groups in total. The molecule has 154 valence electrons. The van der Waals surface area contributed by atoms with Crippen molar-refractivity contribution in [2.24, 2.45) is 5.92 Å². The number of benzene rings is 1. The van der Waals surface area contributed by atoms with Crippen LogP contribution < -0.4 is 5.32 Å². The van der Waals surface area contributed by atoms with E-state index in [0.717, 1.165) is 44.9 Å². The number of hydrogen-bond donors (Lipinski definition) is 1. The lowest BCUT2D eigenvalue weighted by molar-refractivity contribution is 0.381. The van der Waals surface area contributed by atoms with Crippen molar-refractivity contribution in [2.45, 2.75) is 29.2 Å². The predicted molar refractivity (Wildman–Crippen MR) is 116 cm³/mol. The van der Waals surface area contributed by atoms with E-state index in [4.69, 9.17) is 15.1 Å². The van der Waals surface area contributed by atoms with Gasteiger partial charge in [0.1, 0.15) is 17.0 Å². The number of nitrogens with zero attached hydrogens (tertiary/aromatic N) is 5. The number of fused-ring (bicyclic) bond motifs is 2. The quantitative estimate of drug-likeness (QED) is 0.501. The van der Waals surface area contributed by atoms with E-state index in [-0.39, 0.29) is 12.0 Å². The molecule has 1 saturated carbocycles. The second-order valence-electron chi connectivity index (χ2n) is 7.88. The van der Waals surface area contributed by atoms with Crippen LogP contribution in [0.1, 0.15) is 24.6 Å². The Kier molecular flexibility index (Phi) is 4.54. The molecule has 31 heavy (non-hydrogen) atoms. The highest BCUT2D eigenvalue weighted by Gasteiger charge is 2.32. The lowest BCUT2D eigenvalue weighted by Gasteiger charge is -2.26. The van der Waals surface area contributed by atoms with Crippen molar-refractivity contribution < 1.29 is 4.39 Å². The molecule has 1 unspecified atom stereocenters. The highest BCUT2D eigenvalue weighted by Crippen LogP contribution is 2.41. The molecule has 3 aromatic heterocycles. The van der Waals surface area contributed by atoms with Gasteiger partial charge in [0.15, 0.2) is 11.0 Å². The van der Waals surface area contributed by atoms with Crippen LogP contribution in [0.5, 0.6) is 0 Å². The Morgan fingerprint density at radius 3 is 2.61 bits per heavy atom. The van der Waals surface area contributed by atoms with Gasteiger partial charge in [0.05, 0.1) is 0 Å². The van der Waals surface area contributed by atoms with Crippen LogP contribution in [0.4, 0.5) is 4.39 Å². The minimum absolute atomic E-state index is 0.150. The van der Waals surface area contributed by atoms with Crippen LogP contribution in [0, 0.1) is 11.7 Å². The van der Waals surface area contributed by atoms with Crippen molar-refractivity contribution in [3.63, 3.8) is 0 Å². The number of rotatable bonds is 5. The maximum absolute atomic E-state index is 13.4. The number of aromatic nitrogens is 5. The molecule has 1 aliphatic carbocycles. The first-order valence-corrected chi connectivity index (χ1v) is 11.1. The van der Waals surface area contributed by atoms with Crippen LogP contribution in [0.25, 0.3) is 22.5 Å². The lowest BCUT2D eigenvalue weighted by atomic mass is 10.0. The van der Waals surface area contributed by atoms with Gasteiger partial charge in [0.2, 0.25) is 0 Å². The Hall–Kier alpha value is -3.10. The third-order valence-corrected chi connectivity index (χ3v) is 6.61. The van der Waals surface area contributed by atoms with Crippen LogP contribution >= 0.6 is 11.8 Å². The van der Waals surface area contributed by atoms with Crippen molar-refractivity contribution in [2.75, 3.05) is 6.54 Å². The number of halogens is 1. The Balaban J connectivity index is 1.41. The smallest absolute Gasteiger partial charge is 0.194 e. The van der Waals surface area contributed by atoms with E-state index in [1.165, 1.54) is 36.7 Å². The fourth-order valence-corrected chi connectivity index (χ4v) is 4.67. The standard InChI is InChI=1S/C23H19FN6S/c24-18-5-3-15(4-6-18)17-11-19-21(26-12-14-1-2-14)30-23(31-22(19)27-13-17)28-20(29-30)16-7-9-25-10-8-16/h3-11,13-14,21,26H,1-2,12H2. The maximum Gasteiger partial charge on any atom is 0.194 e. The second-order valence-corrected chi connectivity index (χ2v) is 8.84. The Morgan fingerprint density at radius 2 is 1.84 bits per heavy atom. The molecule has 0 spiro atoms. The third-order valence-electron chi connectivity index (χ3n) is 5.62. The summed E-state index contributed by atoms with van der Waals surface area (Å²) in [5.74, 6) is 1.15. The molecule has 0 radical (unpaired) electrons. The summed E-state index contributed by atoms with van der Waals surface area (Å²) in [7, 11) is 0. The minimum Gasteiger partial charge on any atom is -0.291 e.